The Morgan fingerprint density at radius 1 is 1.71 bits per heavy atom. The molecule has 0 aromatic carbocycles. The molecule has 2 heterocycles. The van der Waals surface area contributed by atoms with Crippen molar-refractivity contribution in [2.24, 2.45) is 5.92 Å². The molecule has 0 aliphatic carbocycles. The number of carbonyl (C=O) groups excluding carboxylic acids is 1. The van der Waals surface area contributed by atoms with E-state index in [4.69, 9.17) is 4.74 Å². The van der Waals surface area contributed by atoms with Gasteiger partial charge in [0, 0.05) is 4.88 Å². The lowest BCUT2D eigenvalue weighted by atomic mass is 9.81. The molecular weight excluding hydrogens is 234 g/mol. The largest absolute Gasteiger partial charge is 0.468 e. The van der Waals surface area contributed by atoms with Crippen LogP contribution < -0.4 is 5.32 Å². The highest BCUT2D eigenvalue weighted by molar-refractivity contribution is 7.09. The summed E-state index contributed by atoms with van der Waals surface area (Å²) in [5.74, 6) is 0.423. The maximum absolute atomic E-state index is 11.8. The average Bonchev–Trinajstić information content (AvgIpc) is 2.81. The third-order valence-electron chi connectivity index (χ3n) is 3.47. The van der Waals surface area contributed by atoms with Crippen molar-refractivity contribution in [1.82, 2.24) is 5.32 Å². The van der Waals surface area contributed by atoms with Gasteiger partial charge in [0.25, 0.3) is 0 Å². The number of hydrogen-bond acceptors (Lipinski definition) is 4. The molecule has 1 aliphatic heterocycles. The first kappa shape index (κ1) is 12.6. The molecule has 3 nitrogen and oxygen atoms in total. The van der Waals surface area contributed by atoms with Crippen LogP contribution in [0.3, 0.4) is 0 Å². The number of piperidine rings is 1. The summed E-state index contributed by atoms with van der Waals surface area (Å²) in [6.45, 7) is 2.83. The summed E-state index contributed by atoms with van der Waals surface area (Å²) in [5, 5.41) is 5.39. The van der Waals surface area contributed by atoms with Crippen molar-refractivity contribution >= 4 is 17.3 Å². The lowest BCUT2D eigenvalue weighted by Gasteiger charge is -2.36. The van der Waals surface area contributed by atoms with Crippen molar-refractivity contribution in [1.29, 1.82) is 0 Å². The second kappa shape index (κ2) is 5.19. The number of esters is 1. The summed E-state index contributed by atoms with van der Waals surface area (Å²) >= 11 is 1.79. The van der Waals surface area contributed by atoms with Gasteiger partial charge in [-0.05, 0) is 50.1 Å². The van der Waals surface area contributed by atoms with Gasteiger partial charge in [0.05, 0.1) is 7.11 Å². The number of rotatable bonds is 3. The van der Waals surface area contributed by atoms with Crippen LogP contribution >= 0.6 is 11.3 Å². The van der Waals surface area contributed by atoms with Crippen LogP contribution in [0.1, 0.15) is 24.6 Å². The molecule has 2 rings (SSSR count). The highest BCUT2D eigenvalue weighted by Gasteiger charge is 2.39. The minimum Gasteiger partial charge on any atom is -0.468 e. The molecule has 0 radical (unpaired) electrons. The minimum absolute atomic E-state index is 0.145. The zero-order valence-electron chi connectivity index (χ0n) is 10.4. The predicted octanol–water partition coefficient (Wildman–Crippen LogP) is 2.22. The van der Waals surface area contributed by atoms with Crippen molar-refractivity contribution in [3.63, 3.8) is 0 Å². The number of ether oxygens (including phenoxy) is 1. The molecule has 4 heteroatoms. The van der Waals surface area contributed by atoms with Crippen LogP contribution in [-0.4, -0.2) is 25.2 Å². The Balaban J connectivity index is 1.99. The van der Waals surface area contributed by atoms with Gasteiger partial charge in [-0.15, -0.1) is 11.3 Å². The van der Waals surface area contributed by atoms with E-state index in [0.717, 1.165) is 25.8 Å². The van der Waals surface area contributed by atoms with E-state index in [9.17, 15) is 4.79 Å². The predicted molar refractivity (Wildman–Crippen MR) is 69.2 cm³/mol. The topological polar surface area (TPSA) is 38.3 Å². The summed E-state index contributed by atoms with van der Waals surface area (Å²) in [4.78, 5) is 13.2. The van der Waals surface area contributed by atoms with E-state index in [-0.39, 0.29) is 5.97 Å². The second-order valence-electron chi connectivity index (χ2n) is 4.89. The Hall–Kier alpha value is -0.870. The van der Waals surface area contributed by atoms with Crippen LogP contribution in [0.25, 0.3) is 0 Å². The van der Waals surface area contributed by atoms with Gasteiger partial charge in [-0.25, -0.2) is 0 Å². The molecule has 0 amide bonds. The fourth-order valence-corrected chi connectivity index (χ4v) is 3.39. The van der Waals surface area contributed by atoms with Crippen LogP contribution in [0.4, 0.5) is 0 Å². The molecule has 1 saturated heterocycles. The third kappa shape index (κ3) is 2.87. The molecule has 1 aromatic rings. The van der Waals surface area contributed by atoms with Crippen LogP contribution in [0.5, 0.6) is 0 Å². The number of carbonyl (C=O) groups is 1. The fourth-order valence-electron chi connectivity index (χ4n) is 2.57. The summed E-state index contributed by atoms with van der Waals surface area (Å²) < 4.78 is 4.88. The maximum Gasteiger partial charge on any atom is 0.325 e. The highest BCUT2D eigenvalue weighted by atomic mass is 32.1. The lowest BCUT2D eigenvalue weighted by molar-refractivity contribution is -0.149. The molecule has 1 fully saturated rings. The zero-order chi connectivity index (χ0) is 12.3. The Kier molecular flexibility index (Phi) is 3.84. The van der Waals surface area contributed by atoms with E-state index in [0.29, 0.717) is 5.92 Å². The minimum atomic E-state index is -0.505. The molecule has 0 bridgehead atoms. The Labute approximate surface area is 106 Å². The molecule has 2 atom stereocenters. The first-order chi connectivity index (χ1) is 8.14. The van der Waals surface area contributed by atoms with Gasteiger partial charge in [-0.1, -0.05) is 6.07 Å². The molecule has 0 saturated carbocycles. The second-order valence-corrected chi connectivity index (χ2v) is 5.93. The van der Waals surface area contributed by atoms with E-state index >= 15 is 0 Å². The molecule has 94 valence electrons. The Morgan fingerprint density at radius 2 is 2.53 bits per heavy atom. The van der Waals surface area contributed by atoms with Crippen LogP contribution in [0.2, 0.25) is 0 Å². The molecule has 17 heavy (non-hydrogen) atoms. The smallest absolute Gasteiger partial charge is 0.325 e. The Morgan fingerprint density at radius 3 is 3.18 bits per heavy atom. The van der Waals surface area contributed by atoms with Gasteiger partial charge in [0.2, 0.25) is 0 Å². The van der Waals surface area contributed by atoms with E-state index < -0.39 is 5.54 Å². The maximum atomic E-state index is 11.8. The first-order valence-electron chi connectivity index (χ1n) is 6.00. The van der Waals surface area contributed by atoms with Crippen molar-refractivity contribution in [3.8, 4) is 0 Å². The van der Waals surface area contributed by atoms with Crippen molar-refractivity contribution in [2.75, 3.05) is 13.7 Å². The summed E-state index contributed by atoms with van der Waals surface area (Å²) in [6, 6.07) is 4.25. The first-order valence-corrected chi connectivity index (χ1v) is 6.88. The van der Waals surface area contributed by atoms with Gasteiger partial charge >= 0.3 is 5.97 Å². The lowest BCUT2D eigenvalue weighted by Crippen LogP contribution is -2.55. The van der Waals surface area contributed by atoms with E-state index in [1.165, 1.54) is 12.0 Å². The van der Waals surface area contributed by atoms with Crippen molar-refractivity contribution in [2.45, 2.75) is 31.7 Å². The number of nitrogens with one attached hydrogen (secondary N) is 1. The third-order valence-corrected chi connectivity index (χ3v) is 4.37. The fraction of sp³-hybridized carbons (Fsp3) is 0.615. The van der Waals surface area contributed by atoms with Crippen LogP contribution in [0.15, 0.2) is 17.5 Å². The molecule has 0 spiro atoms. The monoisotopic (exact) mass is 253 g/mol. The quantitative estimate of drug-likeness (QED) is 0.839. The zero-order valence-corrected chi connectivity index (χ0v) is 11.2. The van der Waals surface area contributed by atoms with Gasteiger partial charge in [0.15, 0.2) is 0 Å². The van der Waals surface area contributed by atoms with E-state index in [1.54, 1.807) is 11.3 Å². The standard InChI is InChI=1S/C13H19NO2S/c1-13(12(15)16-2)9-10(5-6-14-13)8-11-4-3-7-17-11/h3-4,7,10,14H,5-6,8-9H2,1-2H3. The number of methoxy groups -OCH3 is 1. The van der Waals surface area contributed by atoms with E-state index in [2.05, 4.69) is 22.8 Å². The van der Waals surface area contributed by atoms with Crippen molar-refractivity contribution in [3.05, 3.63) is 22.4 Å². The van der Waals surface area contributed by atoms with E-state index in [1.807, 2.05) is 6.92 Å². The summed E-state index contributed by atoms with van der Waals surface area (Å²) in [5.41, 5.74) is -0.505. The van der Waals surface area contributed by atoms with Gasteiger partial charge in [-0.2, -0.15) is 0 Å². The van der Waals surface area contributed by atoms with Crippen LogP contribution in [0, 0.1) is 5.92 Å². The molecule has 2 unspecified atom stereocenters. The molecule has 1 aliphatic rings. The Bertz CT molecular complexity index is 377. The van der Waals surface area contributed by atoms with Gasteiger partial charge in [-0.3, -0.25) is 4.79 Å². The average molecular weight is 253 g/mol. The highest BCUT2D eigenvalue weighted by Crippen LogP contribution is 2.29. The van der Waals surface area contributed by atoms with Crippen molar-refractivity contribution < 1.29 is 9.53 Å². The number of thiophene rings is 1. The summed E-state index contributed by atoms with van der Waals surface area (Å²) in [6.07, 6.45) is 3.06. The van der Waals surface area contributed by atoms with Gasteiger partial charge in [0.1, 0.15) is 5.54 Å². The molecule has 1 aromatic heterocycles. The SMILES string of the molecule is COC(=O)C1(C)CC(Cc2cccs2)CCN1. The molecular formula is C13H19NO2S. The molecule has 1 N–H and O–H groups in total. The van der Waals surface area contributed by atoms with Gasteiger partial charge < -0.3 is 10.1 Å². The number of hydrogen-bond donors (Lipinski definition) is 1. The summed E-state index contributed by atoms with van der Waals surface area (Å²) in [7, 11) is 1.46. The normalized spacial score (nSPS) is 28.9. The van der Waals surface area contributed by atoms with Crippen LogP contribution in [-0.2, 0) is 16.0 Å².